The maximum atomic E-state index is 12.0. The monoisotopic (exact) mass is 241 g/mol. The SMILES string of the molecule is COc1csc(C(=O)N2CCC(O)CC2)c1. The van der Waals surface area contributed by atoms with E-state index in [2.05, 4.69) is 0 Å². The molecule has 1 aliphatic heterocycles. The van der Waals surface area contributed by atoms with Crippen molar-refractivity contribution in [3.63, 3.8) is 0 Å². The summed E-state index contributed by atoms with van der Waals surface area (Å²) in [4.78, 5) is 14.5. The van der Waals surface area contributed by atoms with Gasteiger partial charge in [0, 0.05) is 24.5 Å². The van der Waals surface area contributed by atoms with E-state index < -0.39 is 0 Å². The summed E-state index contributed by atoms with van der Waals surface area (Å²) >= 11 is 1.40. The van der Waals surface area contributed by atoms with E-state index in [1.54, 1.807) is 18.1 Å². The minimum Gasteiger partial charge on any atom is -0.496 e. The van der Waals surface area contributed by atoms with Crippen LogP contribution in [0.25, 0.3) is 0 Å². The Morgan fingerprint density at radius 2 is 2.25 bits per heavy atom. The number of likely N-dealkylation sites (tertiary alicyclic amines) is 1. The van der Waals surface area contributed by atoms with Crippen LogP contribution >= 0.6 is 11.3 Å². The molecule has 0 saturated carbocycles. The van der Waals surface area contributed by atoms with Gasteiger partial charge in [-0.2, -0.15) is 0 Å². The summed E-state index contributed by atoms with van der Waals surface area (Å²) in [7, 11) is 1.59. The van der Waals surface area contributed by atoms with Gasteiger partial charge >= 0.3 is 0 Å². The topological polar surface area (TPSA) is 49.8 Å². The Labute approximate surface area is 98.4 Å². The quantitative estimate of drug-likeness (QED) is 0.850. The van der Waals surface area contributed by atoms with Gasteiger partial charge in [-0.25, -0.2) is 0 Å². The van der Waals surface area contributed by atoms with E-state index in [9.17, 15) is 9.90 Å². The second-order valence-corrected chi connectivity index (χ2v) is 4.79. The smallest absolute Gasteiger partial charge is 0.264 e. The average molecular weight is 241 g/mol. The maximum Gasteiger partial charge on any atom is 0.264 e. The zero-order valence-electron chi connectivity index (χ0n) is 9.18. The molecule has 0 bridgehead atoms. The molecule has 16 heavy (non-hydrogen) atoms. The molecule has 0 aliphatic carbocycles. The normalized spacial score (nSPS) is 17.5. The van der Waals surface area contributed by atoms with E-state index in [1.807, 2.05) is 5.38 Å². The second-order valence-electron chi connectivity index (χ2n) is 3.87. The molecule has 1 aromatic rings. The Balaban J connectivity index is 2.01. The zero-order valence-corrected chi connectivity index (χ0v) is 10.00. The van der Waals surface area contributed by atoms with Crippen molar-refractivity contribution in [3.05, 3.63) is 16.3 Å². The molecule has 1 N–H and O–H groups in total. The summed E-state index contributed by atoms with van der Waals surface area (Å²) in [5.74, 6) is 0.769. The molecule has 1 aromatic heterocycles. The molecule has 0 aromatic carbocycles. The lowest BCUT2D eigenvalue weighted by Gasteiger charge is -2.29. The summed E-state index contributed by atoms with van der Waals surface area (Å²) in [6.07, 6.45) is 1.10. The summed E-state index contributed by atoms with van der Waals surface area (Å²) in [5.41, 5.74) is 0. The minimum absolute atomic E-state index is 0.0419. The molecule has 0 unspecified atom stereocenters. The molecule has 0 radical (unpaired) electrons. The molecule has 2 rings (SSSR count). The number of nitrogens with zero attached hydrogens (tertiary/aromatic N) is 1. The van der Waals surface area contributed by atoms with E-state index >= 15 is 0 Å². The molecule has 0 atom stereocenters. The summed E-state index contributed by atoms with van der Waals surface area (Å²) in [5, 5.41) is 11.2. The van der Waals surface area contributed by atoms with Gasteiger partial charge < -0.3 is 14.7 Å². The largest absolute Gasteiger partial charge is 0.496 e. The molecule has 1 amide bonds. The van der Waals surface area contributed by atoms with Crippen LogP contribution in [-0.4, -0.2) is 42.2 Å². The zero-order chi connectivity index (χ0) is 11.5. The van der Waals surface area contributed by atoms with Crippen molar-refractivity contribution in [3.8, 4) is 5.75 Å². The highest BCUT2D eigenvalue weighted by Gasteiger charge is 2.23. The van der Waals surface area contributed by atoms with Crippen LogP contribution in [-0.2, 0) is 0 Å². The summed E-state index contributed by atoms with van der Waals surface area (Å²) < 4.78 is 5.05. The highest BCUT2D eigenvalue weighted by molar-refractivity contribution is 7.12. The molecule has 2 heterocycles. The standard InChI is InChI=1S/C11H15NO3S/c1-15-9-6-10(16-7-9)11(14)12-4-2-8(13)3-5-12/h6-8,13H,2-5H2,1H3. The second kappa shape index (κ2) is 4.84. The van der Waals surface area contributed by atoms with Crippen LogP contribution in [0, 0.1) is 0 Å². The summed E-state index contributed by atoms with van der Waals surface area (Å²) in [6.45, 7) is 1.28. The third kappa shape index (κ3) is 2.36. The lowest BCUT2D eigenvalue weighted by molar-refractivity contribution is 0.0550. The van der Waals surface area contributed by atoms with Crippen molar-refractivity contribution in [1.82, 2.24) is 4.90 Å². The number of rotatable bonds is 2. The lowest BCUT2D eigenvalue weighted by atomic mass is 10.1. The highest BCUT2D eigenvalue weighted by atomic mass is 32.1. The molecule has 4 nitrogen and oxygen atoms in total. The van der Waals surface area contributed by atoms with Gasteiger partial charge in [-0.1, -0.05) is 0 Å². The van der Waals surface area contributed by atoms with E-state index in [1.165, 1.54) is 11.3 Å². The number of carbonyl (C=O) groups excluding carboxylic acids is 1. The van der Waals surface area contributed by atoms with E-state index in [-0.39, 0.29) is 12.0 Å². The average Bonchev–Trinajstić information content (AvgIpc) is 2.77. The predicted octanol–water partition coefficient (Wildman–Crippen LogP) is 1.35. The number of amides is 1. The number of methoxy groups -OCH3 is 1. The van der Waals surface area contributed by atoms with Crippen molar-refractivity contribution >= 4 is 17.2 Å². The van der Waals surface area contributed by atoms with E-state index in [0.29, 0.717) is 30.8 Å². The van der Waals surface area contributed by atoms with Gasteiger partial charge in [-0.05, 0) is 12.8 Å². The number of piperidine rings is 1. The van der Waals surface area contributed by atoms with Crippen molar-refractivity contribution in [2.75, 3.05) is 20.2 Å². The van der Waals surface area contributed by atoms with Crippen LogP contribution in [0.15, 0.2) is 11.4 Å². The van der Waals surface area contributed by atoms with Crippen molar-refractivity contribution in [1.29, 1.82) is 0 Å². The van der Waals surface area contributed by atoms with Crippen LogP contribution < -0.4 is 4.74 Å². The van der Waals surface area contributed by atoms with Gasteiger partial charge in [0.15, 0.2) is 0 Å². The van der Waals surface area contributed by atoms with Gasteiger partial charge in [0.2, 0.25) is 0 Å². The highest BCUT2D eigenvalue weighted by Crippen LogP contribution is 2.23. The Hall–Kier alpha value is -1.07. The first-order valence-corrected chi connectivity index (χ1v) is 6.18. The molecule has 1 fully saturated rings. The van der Waals surface area contributed by atoms with Crippen LogP contribution in [0.1, 0.15) is 22.5 Å². The molecule has 88 valence electrons. The minimum atomic E-state index is -0.248. The number of hydrogen-bond donors (Lipinski definition) is 1. The van der Waals surface area contributed by atoms with Gasteiger partial charge in [0.1, 0.15) is 5.75 Å². The van der Waals surface area contributed by atoms with Crippen molar-refractivity contribution < 1.29 is 14.6 Å². The first-order valence-electron chi connectivity index (χ1n) is 5.30. The van der Waals surface area contributed by atoms with Crippen LogP contribution in [0.4, 0.5) is 0 Å². The van der Waals surface area contributed by atoms with Gasteiger partial charge in [-0.3, -0.25) is 4.79 Å². The van der Waals surface area contributed by atoms with Gasteiger partial charge in [0.05, 0.1) is 18.1 Å². The number of aliphatic hydroxyl groups is 1. The fourth-order valence-corrected chi connectivity index (χ4v) is 2.58. The number of thiophene rings is 1. The van der Waals surface area contributed by atoms with Crippen molar-refractivity contribution in [2.24, 2.45) is 0 Å². The summed E-state index contributed by atoms with van der Waals surface area (Å²) in [6, 6.07) is 1.76. The molecule has 1 aliphatic rings. The number of carbonyl (C=O) groups is 1. The lowest BCUT2D eigenvalue weighted by Crippen LogP contribution is -2.39. The fourth-order valence-electron chi connectivity index (χ4n) is 1.76. The third-order valence-corrected chi connectivity index (χ3v) is 3.67. The molecular formula is C11H15NO3S. The predicted molar refractivity (Wildman–Crippen MR) is 62.0 cm³/mol. The Morgan fingerprint density at radius 3 is 2.81 bits per heavy atom. The van der Waals surface area contributed by atoms with Crippen LogP contribution in [0.5, 0.6) is 5.75 Å². The van der Waals surface area contributed by atoms with E-state index in [0.717, 1.165) is 5.75 Å². The first-order chi connectivity index (χ1) is 7.70. The Morgan fingerprint density at radius 1 is 1.56 bits per heavy atom. The number of aliphatic hydroxyl groups excluding tert-OH is 1. The third-order valence-electron chi connectivity index (χ3n) is 2.77. The Kier molecular flexibility index (Phi) is 3.46. The molecular weight excluding hydrogens is 226 g/mol. The van der Waals surface area contributed by atoms with Gasteiger partial charge in [-0.15, -0.1) is 11.3 Å². The van der Waals surface area contributed by atoms with Crippen molar-refractivity contribution in [2.45, 2.75) is 18.9 Å². The number of ether oxygens (including phenoxy) is 1. The van der Waals surface area contributed by atoms with Crippen LogP contribution in [0.3, 0.4) is 0 Å². The van der Waals surface area contributed by atoms with Gasteiger partial charge in [0.25, 0.3) is 5.91 Å². The van der Waals surface area contributed by atoms with E-state index in [4.69, 9.17) is 4.74 Å². The molecule has 5 heteroatoms. The maximum absolute atomic E-state index is 12.0. The molecule has 0 spiro atoms. The van der Waals surface area contributed by atoms with Crippen LogP contribution in [0.2, 0.25) is 0 Å². The molecule has 1 saturated heterocycles. The fraction of sp³-hybridized carbons (Fsp3) is 0.545. The number of hydrogen-bond acceptors (Lipinski definition) is 4. The Bertz CT molecular complexity index is 369. The first kappa shape index (κ1) is 11.4.